The molecule has 0 fully saturated rings. The van der Waals surface area contributed by atoms with Crippen molar-refractivity contribution in [2.75, 3.05) is 13.2 Å². The molecule has 0 unspecified atom stereocenters. The van der Waals surface area contributed by atoms with Crippen LogP contribution in [0.25, 0.3) is 0 Å². The summed E-state index contributed by atoms with van der Waals surface area (Å²) in [6.45, 7) is 4.80. The van der Waals surface area contributed by atoms with Crippen LogP contribution in [0.5, 0.6) is 5.75 Å². The summed E-state index contributed by atoms with van der Waals surface area (Å²) in [4.78, 5) is 15.9. The Morgan fingerprint density at radius 1 is 1.53 bits per heavy atom. The molecule has 4 heteroatoms. The number of fused-ring (bicyclic) bond motifs is 1. The Bertz CT molecular complexity index is 429. The molecule has 0 aliphatic carbocycles. The van der Waals surface area contributed by atoms with Gasteiger partial charge in [0.25, 0.3) is 0 Å². The minimum Gasteiger partial charge on any atom is -0.492 e. The second-order valence-electron chi connectivity index (χ2n) is 4.10. The SMILES string of the molecule is CCOC(=O)c1ncc2c(c1C)CCCCO2. The lowest BCUT2D eigenvalue weighted by atomic mass is 10.0. The van der Waals surface area contributed by atoms with Crippen molar-refractivity contribution in [3.63, 3.8) is 0 Å². The largest absolute Gasteiger partial charge is 0.492 e. The highest BCUT2D eigenvalue weighted by molar-refractivity contribution is 5.89. The Morgan fingerprint density at radius 3 is 3.12 bits per heavy atom. The third kappa shape index (κ3) is 2.40. The summed E-state index contributed by atoms with van der Waals surface area (Å²) in [5.74, 6) is 0.463. The van der Waals surface area contributed by atoms with E-state index in [2.05, 4.69) is 4.98 Å². The van der Waals surface area contributed by atoms with Crippen molar-refractivity contribution in [2.24, 2.45) is 0 Å². The van der Waals surface area contributed by atoms with Crippen LogP contribution in [0.1, 0.15) is 41.4 Å². The maximum Gasteiger partial charge on any atom is 0.357 e. The van der Waals surface area contributed by atoms with Crippen LogP contribution in [0, 0.1) is 6.92 Å². The van der Waals surface area contributed by atoms with Crippen LogP contribution < -0.4 is 4.74 Å². The maximum atomic E-state index is 11.7. The zero-order valence-corrected chi connectivity index (χ0v) is 10.3. The van der Waals surface area contributed by atoms with Gasteiger partial charge in [0.05, 0.1) is 19.4 Å². The summed E-state index contributed by atoms with van der Waals surface area (Å²) in [6, 6.07) is 0. The second kappa shape index (κ2) is 5.17. The van der Waals surface area contributed by atoms with Crippen molar-refractivity contribution in [1.29, 1.82) is 0 Å². The van der Waals surface area contributed by atoms with E-state index in [1.165, 1.54) is 0 Å². The highest BCUT2D eigenvalue weighted by Gasteiger charge is 2.19. The molecule has 2 rings (SSSR count). The van der Waals surface area contributed by atoms with E-state index in [-0.39, 0.29) is 5.97 Å². The van der Waals surface area contributed by atoms with Crippen LogP contribution >= 0.6 is 0 Å². The number of pyridine rings is 1. The molecule has 0 N–H and O–H groups in total. The fourth-order valence-corrected chi connectivity index (χ4v) is 2.05. The van der Waals surface area contributed by atoms with E-state index in [1.807, 2.05) is 6.92 Å². The van der Waals surface area contributed by atoms with Crippen LogP contribution in [-0.4, -0.2) is 24.2 Å². The molecule has 0 radical (unpaired) electrons. The first-order chi connectivity index (χ1) is 8.24. The number of hydrogen-bond acceptors (Lipinski definition) is 4. The number of ether oxygens (including phenoxy) is 2. The first kappa shape index (κ1) is 11.9. The Balaban J connectivity index is 2.37. The Labute approximate surface area is 101 Å². The molecule has 92 valence electrons. The van der Waals surface area contributed by atoms with E-state index >= 15 is 0 Å². The maximum absolute atomic E-state index is 11.7. The van der Waals surface area contributed by atoms with Crippen molar-refractivity contribution < 1.29 is 14.3 Å². The zero-order valence-electron chi connectivity index (χ0n) is 10.3. The Morgan fingerprint density at radius 2 is 2.35 bits per heavy atom. The molecule has 0 saturated carbocycles. The van der Waals surface area contributed by atoms with Crippen molar-refractivity contribution in [1.82, 2.24) is 4.98 Å². The first-order valence-corrected chi connectivity index (χ1v) is 6.02. The summed E-state index contributed by atoms with van der Waals surface area (Å²) < 4.78 is 10.6. The lowest BCUT2D eigenvalue weighted by molar-refractivity contribution is 0.0518. The fraction of sp³-hybridized carbons (Fsp3) is 0.538. The average molecular weight is 235 g/mol. The molecule has 0 amide bonds. The van der Waals surface area contributed by atoms with Crippen molar-refractivity contribution in [3.05, 3.63) is 23.0 Å². The van der Waals surface area contributed by atoms with E-state index in [9.17, 15) is 4.79 Å². The zero-order chi connectivity index (χ0) is 12.3. The van der Waals surface area contributed by atoms with Crippen molar-refractivity contribution in [2.45, 2.75) is 33.1 Å². The predicted molar refractivity (Wildman–Crippen MR) is 63.4 cm³/mol. The van der Waals surface area contributed by atoms with Crippen LogP contribution in [0.3, 0.4) is 0 Å². The van der Waals surface area contributed by atoms with Gasteiger partial charge in [0.1, 0.15) is 5.75 Å². The minimum atomic E-state index is -0.350. The number of carbonyl (C=O) groups excluding carboxylic acids is 1. The topological polar surface area (TPSA) is 48.4 Å². The van der Waals surface area contributed by atoms with E-state index in [0.717, 1.165) is 42.7 Å². The lowest BCUT2D eigenvalue weighted by Gasteiger charge is -2.12. The molecule has 0 atom stereocenters. The molecule has 1 aliphatic rings. The highest BCUT2D eigenvalue weighted by Crippen LogP contribution is 2.28. The number of nitrogens with zero attached hydrogens (tertiary/aromatic N) is 1. The second-order valence-corrected chi connectivity index (χ2v) is 4.10. The molecule has 0 aromatic carbocycles. The average Bonchev–Trinajstić information content (AvgIpc) is 2.55. The fourth-order valence-electron chi connectivity index (χ4n) is 2.05. The molecule has 0 spiro atoms. The Hall–Kier alpha value is -1.58. The minimum absolute atomic E-state index is 0.350. The molecule has 4 nitrogen and oxygen atoms in total. The molecule has 1 aromatic rings. The normalized spacial score (nSPS) is 14.5. The number of carbonyl (C=O) groups is 1. The monoisotopic (exact) mass is 235 g/mol. The summed E-state index contributed by atoms with van der Waals surface area (Å²) in [5.41, 5.74) is 2.40. The van der Waals surface area contributed by atoms with Gasteiger partial charge in [0.2, 0.25) is 0 Å². The predicted octanol–water partition coefficient (Wildman–Crippen LogP) is 2.28. The molecular formula is C13H17NO3. The van der Waals surface area contributed by atoms with E-state index in [4.69, 9.17) is 9.47 Å². The molecular weight excluding hydrogens is 218 g/mol. The molecule has 2 heterocycles. The summed E-state index contributed by atoms with van der Waals surface area (Å²) in [5, 5.41) is 0. The van der Waals surface area contributed by atoms with E-state index in [0.29, 0.717) is 12.3 Å². The van der Waals surface area contributed by atoms with Gasteiger partial charge in [-0.15, -0.1) is 0 Å². The first-order valence-electron chi connectivity index (χ1n) is 6.02. The summed E-state index contributed by atoms with van der Waals surface area (Å²) in [7, 11) is 0. The summed E-state index contributed by atoms with van der Waals surface area (Å²) >= 11 is 0. The third-order valence-corrected chi connectivity index (χ3v) is 2.96. The quantitative estimate of drug-likeness (QED) is 0.738. The van der Waals surface area contributed by atoms with Crippen LogP contribution in [-0.2, 0) is 11.2 Å². The number of esters is 1. The Kier molecular flexibility index (Phi) is 3.61. The summed E-state index contributed by atoms with van der Waals surface area (Å²) in [6.07, 6.45) is 4.71. The number of rotatable bonds is 2. The molecule has 0 bridgehead atoms. The smallest absolute Gasteiger partial charge is 0.357 e. The van der Waals surface area contributed by atoms with Gasteiger partial charge in [-0.2, -0.15) is 0 Å². The van der Waals surface area contributed by atoms with Gasteiger partial charge >= 0.3 is 5.97 Å². The van der Waals surface area contributed by atoms with Gasteiger partial charge in [0, 0.05) is 5.56 Å². The van der Waals surface area contributed by atoms with Crippen molar-refractivity contribution in [3.8, 4) is 5.75 Å². The van der Waals surface area contributed by atoms with Crippen molar-refractivity contribution >= 4 is 5.97 Å². The van der Waals surface area contributed by atoms with Crippen LogP contribution in [0.4, 0.5) is 0 Å². The van der Waals surface area contributed by atoms with E-state index < -0.39 is 0 Å². The lowest BCUT2D eigenvalue weighted by Crippen LogP contribution is -2.11. The van der Waals surface area contributed by atoms with Crippen LogP contribution in [0.2, 0.25) is 0 Å². The van der Waals surface area contributed by atoms with Gasteiger partial charge in [-0.05, 0) is 38.7 Å². The number of aromatic nitrogens is 1. The molecule has 1 aromatic heterocycles. The van der Waals surface area contributed by atoms with Gasteiger partial charge in [-0.3, -0.25) is 0 Å². The van der Waals surface area contributed by atoms with Gasteiger partial charge in [0.15, 0.2) is 5.69 Å². The van der Waals surface area contributed by atoms with E-state index in [1.54, 1.807) is 13.1 Å². The van der Waals surface area contributed by atoms with Gasteiger partial charge in [-0.25, -0.2) is 9.78 Å². The standard InChI is InChI=1S/C13H17NO3/c1-3-16-13(15)12-9(2)10-6-4-5-7-17-11(10)8-14-12/h8H,3-7H2,1-2H3. The molecule has 0 saturated heterocycles. The highest BCUT2D eigenvalue weighted by atomic mass is 16.5. The molecule has 17 heavy (non-hydrogen) atoms. The van der Waals surface area contributed by atoms with Crippen LogP contribution in [0.15, 0.2) is 6.20 Å². The third-order valence-electron chi connectivity index (χ3n) is 2.96. The van der Waals surface area contributed by atoms with Gasteiger partial charge in [-0.1, -0.05) is 0 Å². The number of hydrogen-bond donors (Lipinski definition) is 0. The van der Waals surface area contributed by atoms with Gasteiger partial charge < -0.3 is 9.47 Å². The molecule has 1 aliphatic heterocycles.